The van der Waals surface area contributed by atoms with E-state index in [1.165, 1.54) is 18.3 Å². The Bertz CT molecular complexity index is 1160. The summed E-state index contributed by atoms with van der Waals surface area (Å²) in [6.07, 6.45) is 3.07. The molecule has 158 valence electrons. The molecule has 30 heavy (non-hydrogen) atoms. The summed E-state index contributed by atoms with van der Waals surface area (Å²) in [5.41, 5.74) is 2.88. The van der Waals surface area contributed by atoms with Crippen molar-refractivity contribution in [3.8, 4) is 11.3 Å². The largest absolute Gasteiger partial charge is 0.269 e. The van der Waals surface area contributed by atoms with Crippen LogP contribution >= 0.6 is 0 Å². The highest BCUT2D eigenvalue weighted by atomic mass is 32.2. The predicted octanol–water partition coefficient (Wildman–Crippen LogP) is 3.98. The molecule has 1 unspecified atom stereocenters. The van der Waals surface area contributed by atoms with Crippen molar-refractivity contribution in [2.75, 3.05) is 13.1 Å². The average molecular weight is 429 g/mol. The molecule has 0 amide bonds. The van der Waals surface area contributed by atoms with E-state index in [2.05, 4.69) is 5.10 Å². The van der Waals surface area contributed by atoms with E-state index in [0.29, 0.717) is 36.6 Å². The van der Waals surface area contributed by atoms with Crippen LogP contribution in [0.1, 0.15) is 37.1 Å². The van der Waals surface area contributed by atoms with Gasteiger partial charge in [0, 0.05) is 36.8 Å². The minimum absolute atomic E-state index is 0.0106. The topological polar surface area (TPSA) is 68.1 Å². The van der Waals surface area contributed by atoms with Gasteiger partial charge >= 0.3 is 0 Å². The molecule has 4 rings (SSSR count). The number of benzene rings is 1. The number of halogens is 1. The summed E-state index contributed by atoms with van der Waals surface area (Å²) in [5.74, 6) is -0.318. The van der Waals surface area contributed by atoms with Crippen molar-refractivity contribution >= 4 is 10.0 Å². The van der Waals surface area contributed by atoms with Crippen LogP contribution in [-0.2, 0) is 16.6 Å². The first-order valence-electron chi connectivity index (χ1n) is 10.2. The number of hydrogen-bond acceptors (Lipinski definition) is 4. The summed E-state index contributed by atoms with van der Waals surface area (Å²) >= 11 is 0. The fourth-order valence-corrected chi connectivity index (χ4v) is 5.71. The van der Waals surface area contributed by atoms with E-state index in [-0.39, 0.29) is 16.6 Å². The van der Waals surface area contributed by atoms with Gasteiger partial charge < -0.3 is 0 Å². The van der Waals surface area contributed by atoms with Gasteiger partial charge in [-0.2, -0.15) is 9.40 Å². The standard InChI is InChI=1S/C22H25FN4O2S/c1-3-27-16(2)22(14-24-27)30(28,29)26-12-6-8-18(15-26)21-11-5-10-20(25-21)17-7-4-9-19(23)13-17/h4-5,7,9-11,13-14,18H,3,6,8,12,15H2,1-2H3. The molecule has 3 aromatic rings. The van der Waals surface area contributed by atoms with Crippen molar-refractivity contribution in [3.05, 3.63) is 65.9 Å². The van der Waals surface area contributed by atoms with E-state index in [1.807, 2.05) is 31.2 Å². The third-order valence-electron chi connectivity index (χ3n) is 5.67. The first-order valence-corrected chi connectivity index (χ1v) is 11.6. The van der Waals surface area contributed by atoms with Gasteiger partial charge in [0.2, 0.25) is 10.0 Å². The fourth-order valence-electron chi connectivity index (χ4n) is 4.03. The zero-order valence-electron chi connectivity index (χ0n) is 17.1. The van der Waals surface area contributed by atoms with Crippen LogP contribution in [0.5, 0.6) is 0 Å². The second-order valence-corrected chi connectivity index (χ2v) is 9.48. The Morgan fingerprint density at radius 2 is 2.00 bits per heavy atom. The molecular formula is C22H25FN4O2S. The van der Waals surface area contributed by atoms with Crippen LogP contribution in [0.25, 0.3) is 11.3 Å². The van der Waals surface area contributed by atoms with E-state index in [4.69, 9.17) is 4.98 Å². The SMILES string of the molecule is CCn1ncc(S(=O)(=O)N2CCCC(c3cccc(-c4cccc(F)c4)n3)C2)c1C. The van der Waals surface area contributed by atoms with E-state index in [9.17, 15) is 12.8 Å². The van der Waals surface area contributed by atoms with Gasteiger partial charge in [0.1, 0.15) is 10.7 Å². The molecule has 2 aromatic heterocycles. The molecule has 1 atom stereocenters. The Balaban J connectivity index is 1.60. The van der Waals surface area contributed by atoms with Gasteiger partial charge in [-0.05, 0) is 51.0 Å². The molecule has 0 aliphatic carbocycles. The van der Waals surface area contributed by atoms with Crippen molar-refractivity contribution in [3.63, 3.8) is 0 Å². The summed E-state index contributed by atoms with van der Waals surface area (Å²) in [6, 6.07) is 12.0. The lowest BCUT2D eigenvalue weighted by Crippen LogP contribution is -2.39. The normalized spacial score (nSPS) is 17.9. The van der Waals surface area contributed by atoms with Crippen LogP contribution in [0.2, 0.25) is 0 Å². The molecule has 0 N–H and O–H groups in total. The molecule has 8 heteroatoms. The van der Waals surface area contributed by atoms with Crippen molar-refractivity contribution in [1.29, 1.82) is 0 Å². The summed E-state index contributed by atoms with van der Waals surface area (Å²) in [5, 5.41) is 4.19. The number of piperidine rings is 1. The molecule has 1 saturated heterocycles. The first-order chi connectivity index (χ1) is 14.4. The zero-order valence-corrected chi connectivity index (χ0v) is 17.9. The van der Waals surface area contributed by atoms with E-state index >= 15 is 0 Å². The van der Waals surface area contributed by atoms with Crippen LogP contribution < -0.4 is 0 Å². The quantitative estimate of drug-likeness (QED) is 0.616. The van der Waals surface area contributed by atoms with Crippen LogP contribution in [-0.4, -0.2) is 40.6 Å². The minimum Gasteiger partial charge on any atom is -0.269 e. The van der Waals surface area contributed by atoms with Gasteiger partial charge in [-0.25, -0.2) is 12.8 Å². The molecule has 0 bridgehead atoms. The van der Waals surface area contributed by atoms with Gasteiger partial charge in [-0.1, -0.05) is 18.2 Å². The molecule has 3 heterocycles. The highest BCUT2D eigenvalue weighted by Gasteiger charge is 2.33. The lowest BCUT2D eigenvalue weighted by molar-refractivity contribution is 0.312. The van der Waals surface area contributed by atoms with Crippen molar-refractivity contribution in [2.45, 2.75) is 44.0 Å². The maximum absolute atomic E-state index is 13.6. The van der Waals surface area contributed by atoms with Gasteiger partial charge in [0.15, 0.2) is 0 Å². The van der Waals surface area contributed by atoms with Gasteiger partial charge in [0.05, 0.1) is 17.6 Å². The number of aromatic nitrogens is 3. The molecule has 1 aromatic carbocycles. The lowest BCUT2D eigenvalue weighted by atomic mass is 9.95. The number of hydrogen-bond donors (Lipinski definition) is 0. The molecule has 6 nitrogen and oxygen atoms in total. The maximum atomic E-state index is 13.6. The fraction of sp³-hybridized carbons (Fsp3) is 0.364. The Morgan fingerprint density at radius 1 is 1.20 bits per heavy atom. The van der Waals surface area contributed by atoms with Gasteiger partial charge in [-0.15, -0.1) is 0 Å². The smallest absolute Gasteiger partial charge is 0.246 e. The van der Waals surface area contributed by atoms with Crippen LogP contribution in [0.15, 0.2) is 53.6 Å². The van der Waals surface area contributed by atoms with Gasteiger partial charge in [0.25, 0.3) is 0 Å². The lowest BCUT2D eigenvalue weighted by Gasteiger charge is -2.31. The highest BCUT2D eigenvalue weighted by Crippen LogP contribution is 2.31. The molecule has 1 aliphatic rings. The van der Waals surface area contributed by atoms with Crippen molar-refractivity contribution in [1.82, 2.24) is 19.1 Å². The number of sulfonamides is 1. The van der Waals surface area contributed by atoms with Crippen LogP contribution in [0.4, 0.5) is 4.39 Å². The van der Waals surface area contributed by atoms with Crippen molar-refractivity contribution in [2.24, 2.45) is 0 Å². The zero-order chi connectivity index (χ0) is 21.3. The van der Waals surface area contributed by atoms with E-state index in [1.54, 1.807) is 22.0 Å². The van der Waals surface area contributed by atoms with E-state index < -0.39 is 10.0 Å². The predicted molar refractivity (Wildman–Crippen MR) is 113 cm³/mol. The van der Waals surface area contributed by atoms with Crippen molar-refractivity contribution < 1.29 is 12.8 Å². The van der Waals surface area contributed by atoms with Gasteiger partial charge in [-0.3, -0.25) is 9.67 Å². The Hall–Kier alpha value is -2.58. The second-order valence-electron chi connectivity index (χ2n) is 7.57. The van der Waals surface area contributed by atoms with Crippen LogP contribution in [0.3, 0.4) is 0 Å². The average Bonchev–Trinajstić information content (AvgIpc) is 3.15. The molecule has 0 spiro atoms. The first kappa shape index (κ1) is 20.7. The highest BCUT2D eigenvalue weighted by molar-refractivity contribution is 7.89. The molecule has 0 saturated carbocycles. The number of nitrogens with zero attached hydrogens (tertiary/aromatic N) is 4. The van der Waals surface area contributed by atoms with Crippen LogP contribution in [0, 0.1) is 12.7 Å². The monoisotopic (exact) mass is 428 g/mol. The number of aryl methyl sites for hydroxylation is 1. The third kappa shape index (κ3) is 3.89. The van der Waals surface area contributed by atoms with E-state index in [0.717, 1.165) is 18.5 Å². The summed E-state index contributed by atoms with van der Waals surface area (Å²) < 4.78 is 43.3. The maximum Gasteiger partial charge on any atom is 0.246 e. The Labute approximate surface area is 176 Å². The summed E-state index contributed by atoms with van der Waals surface area (Å²) in [4.78, 5) is 5.00. The number of rotatable bonds is 5. The minimum atomic E-state index is -3.62. The number of pyridine rings is 1. The molecule has 1 fully saturated rings. The molecule has 0 radical (unpaired) electrons. The Kier molecular flexibility index (Phi) is 5.71. The second kappa shape index (κ2) is 8.28. The summed E-state index contributed by atoms with van der Waals surface area (Å²) in [6.45, 7) is 5.21. The molecule has 1 aliphatic heterocycles. The molecular weight excluding hydrogens is 403 g/mol. The third-order valence-corrected chi connectivity index (χ3v) is 7.64. The summed E-state index contributed by atoms with van der Waals surface area (Å²) in [7, 11) is -3.62. The Morgan fingerprint density at radius 3 is 2.73 bits per heavy atom.